The highest BCUT2D eigenvalue weighted by atomic mass is 32.1. The molecule has 2 aromatic carbocycles. The molecule has 0 spiro atoms. The molecule has 0 saturated carbocycles. The molecule has 10 heteroatoms. The Hall–Kier alpha value is -3.53. The van der Waals surface area contributed by atoms with E-state index in [4.69, 9.17) is 17.0 Å². The van der Waals surface area contributed by atoms with Gasteiger partial charge in [-0.2, -0.15) is 0 Å². The number of nitrogens with one attached hydrogen (secondary N) is 3. The van der Waals surface area contributed by atoms with E-state index in [0.717, 1.165) is 11.6 Å². The molecular weight excluding hydrogens is 372 g/mol. The molecule has 0 aliphatic heterocycles. The number of carbonyl (C=O) groups is 2. The lowest BCUT2D eigenvalue weighted by Gasteiger charge is -2.11. The minimum absolute atomic E-state index is 0.0635. The third-order valence-electron chi connectivity index (χ3n) is 3.25. The van der Waals surface area contributed by atoms with Crippen LogP contribution in [0.4, 0.5) is 5.69 Å². The molecule has 3 N–H and O–H groups in total. The molecule has 0 unspecified atom stereocenters. The lowest BCUT2D eigenvalue weighted by molar-refractivity contribution is -0.384. The van der Waals surface area contributed by atoms with Crippen molar-refractivity contribution in [3.63, 3.8) is 0 Å². The molecule has 0 saturated heterocycles. The number of amides is 2. The lowest BCUT2D eigenvalue weighted by atomic mass is 10.2. The largest absolute Gasteiger partial charge is 0.484 e. The Kier molecular flexibility index (Phi) is 6.78. The summed E-state index contributed by atoms with van der Waals surface area (Å²) in [6.45, 7) is 1.67. The molecule has 140 valence electrons. The van der Waals surface area contributed by atoms with Crippen molar-refractivity contribution in [2.45, 2.75) is 6.92 Å². The van der Waals surface area contributed by atoms with Gasteiger partial charge in [-0.1, -0.05) is 23.8 Å². The fraction of sp³-hybridized carbons (Fsp3) is 0.118. The zero-order valence-corrected chi connectivity index (χ0v) is 15.0. The number of hydrogen-bond acceptors (Lipinski definition) is 6. The van der Waals surface area contributed by atoms with E-state index in [9.17, 15) is 19.7 Å². The summed E-state index contributed by atoms with van der Waals surface area (Å²) in [6, 6.07) is 12.3. The summed E-state index contributed by atoms with van der Waals surface area (Å²) in [4.78, 5) is 33.8. The highest BCUT2D eigenvalue weighted by molar-refractivity contribution is 7.80. The van der Waals surface area contributed by atoms with Crippen LogP contribution in [0.25, 0.3) is 0 Å². The van der Waals surface area contributed by atoms with Crippen LogP contribution in [0.5, 0.6) is 5.75 Å². The number of nitrogens with zero attached hydrogens (tertiary/aromatic N) is 1. The predicted octanol–water partition coefficient (Wildman–Crippen LogP) is 1.62. The molecule has 0 radical (unpaired) electrons. The Morgan fingerprint density at radius 1 is 1.15 bits per heavy atom. The molecular formula is C17H16N4O5S. The molecule has 0 aliphatic carbocycles. The van der Waals surface area contributed by atoms with Gasteiger partial charge < -0.3 is 4.74 Å². The maximum absolute atomic E-state index is 12.0. The summed E-state index contributed by atoms with van der Waals surface area (Å²) in [7, 11) is 0. The molecule has 0 bridgehead atoms. The normalized spacial score (nSPS) is 9.81. The quantitative estimate of drug-likeness (QED) is 0.404. The summed E-state index contributed by atoms with van der Waals surface area (Å²) in [5.74, 6) is -0.627. The molecule has 0 aliphatic rings. The van der Waals surface area contributed by atoms with Gasteiger partial charge in [-0.3, -0.25) is 35.9 Å². The first-order chi connectivity index (χ1) is 12.8. The topological polar surface area (TPSA) is 123 Å². The standard InChI is InChI=1S/C17H16N4O5S/c1-11-5-7-14(8-6-11)26-10-15(22)18-17(27)20-19-16(23)12-3-2-4-13(9-12)21(24)25/h2-9H,10H2,1H3,(H,19,23)(H2,18,20,22,27). The molecule has 2 aromatic rings. The Morgan fingerprint density at radius 2 is 1.85 bits per heavy atom. The summed E-state index contributed by atoms with van der Waals surface area (Å²) in [5.41, 5.74) is 5.50. The van der Waals surface area contributed by atoms with E-state index in [1.54, 1.807) is 12.1 Å². The van der Waals surface area contributed by atoms with Crippen molar-refractivity contribution >= 4 is 34.8 Å². The maximum Gasteiger partial charge on any atom is 0.270 e. The number of rotatable bonds is 5. The fourth-order valence-electron chi connectivity index (χ4n) is 1.92. The Balaban J connectivity index is 1.77. The van der Waals surface area contributed by atoms with Gasteiger partial charge in [-0.25, -0.2) is 0 Å². The molecule has 0 fully saturated rings. The van der Waals surface area contributed by atoms with Crippen molar-refractivity contribution in [2.24, 2.45) is 0 Å². The number of non-ortho nitro benzene ring substituents is 1. The molecule has 9 nitrogen and oxygen atoms in total. The van der Waals surface area contributed by atoms with Gasteiger partial charge in [0.05, 0.1) is 4.92 Å². The van der Waals surface area contributed by atoms with E-state index in [2.05, 4.69) is 16.2 Å². The molecule has 0 aromatic heterocycles. The number of ether oxygens (including phenoxy) is 1. The van der Waals surface area contributed by atoms with Crippen LogP contribution >= 0.6 is 12.2 Å². The Bertz CT molecular complexity index is 870. The van der Waals surface area contributed by atoms with E-state index in [1.807, 2.05) is 19.1 Å². The predicted molar refractivity (Wildman–Crippen MR) is 101 cm³/mol. The molecule has 0 atom stereocenters. The van der Waals surface area contributed by atoms with Gasteiger partial charge in [0.2, 0.25) is 0 Å². The summed E-state index contributed by atoms with van der Waals surface area (Å²) >= 11 is 4.89. The Labute approximate surface area is 159 Å². The second-order valence-corrected chi connectivity index (χ2v) is 5.77. The molecule has 0 heterocycles. The highest BCUT2D eigenvalue weighted by Crippen LogP contribution is 2.13. The van der Waals surface area contributed by atoms with Crippen molar-refractivity contribution in [1.82, 2.24) is 16.2 Å². The molecule has 2 rings (SSSR count). The summed E-state index contributed by atoms with van der Waals surface area (Å²) < 4.78 is 5.30. The van der Waals surface area contributed by atoms with Crippen LogP contribution in [0.15, 0.2) is 48.5 Å². The van der Waals surface area contributed by atoms with Gasteiger partial charge in [-0.05, 0) is 37.3 Å². The number of carbonyl (C=O) groups excluding carboxylic acids is 2. The van der Waals surface area contributed by atoms with Crippen molar-refractivity contribution in [2.75, 3.05) is 6.61 Å². The summed E-state index contributed by atoms with van der Waals surface area (Å²) in [5, 5.41) is 12.9. The second-order valence-electron chi connectivity index (χ2n) is 5.37. The maximum atomic E-state index is 12.0. The third kappa shape index (κ3) is 6.36. The van der Waals surface area contributed by atoms with Gasteiger partial charge in [0.1, 0.15) is 5.75 Å². The van der Waals surface area contributed by atoms with Gasteiger partial charge in [-0.15, -0.1) is 0 Å². The Morgan fingerprint density at radius 3 is 2.52 bits per heavy atom. The summed E-state index contributed by atoms with van der Waals surface area (Å²) in [6.07, 6.45) is 0. The second kappa shape index (κ2) is 9.25. The number of nitro benzene ring substituents is 1. The van der Waals surface area contributed by atoms with Crippen LogP contribution in [0.1, 0.15) is 15.9 Å². The van der Waals surface area contributed by atoms with Crippen molar-refractivity contribution in [3.8, 4) is 5.75 Å². The number of aryl methyl sites for hydroxylation is 1. The molecule has 27 heavy (non-hydrogen) atoms. The number of nitro groups is 1. The third-order valence-corrected chi connectivity index (χ3v) is 3.46. The lowest BCUT2D eigenvalue weighted by Crippen LogP contribution is -2.49. The van der Waals surface area contributed by atoms with Gasteiger partial charge in [0.15, 0.2) is 11.7 Å². The van der Waals surface area contributed by atoms with Crippen LogP contribution < -0.4 is 20.9 Å². The van der Waals surface area contributed by atoms with Crippen LogP contribution in [0.3, 0.4) is 0 Å². The minimum Gasteiger partial charge on any atom is -0.484 e. The zero-order chi connectivity index (χ0) is 19.8. The van der Waals surface area contributed by atoms with Crippen LogP contribution in [0.2, 0.25) is 0 Å². The first kappa shape index (κ1) is 19.8. The molecule has 2 amide bonds. The minimum atomic E-state index is -0.647. The van der Waals surface area contributed by atoms with E-state index in [0.29, 0.717) is 5.75 Å². The number of thiocarbonyl (C=S) groups is 1. The number of hydrazine groups is 1. The van der Waals surface area contributed by atoms with Crippen LogP contribution in [-0.2, 0) is 4.79 Å². The van der Waals surface area contributed by atoms with Crippen molar-refractivity contribution in [3.05, 3.63) is 69.8 Å². The fourth-order valence-corrected chi connectivity index (χ4v) is 2.09. The SMILES string of the molecule is Cc1ccc(OCC(=O)NC(=S)NNC(=O)c2cccc([N+](=O)[O-])c2)cc1. The van der Waals surface area contributed by atoms with E-state index < -0.39 is 16.7 Å². The van der Waals surface area contributed by atoms with E-state index in [1.165, 1.54) is 18.2 Å². The van der Waals surface area contributed by atoms with Gasteiger partial charge >= 0.3 is 0 Å². The van der Waals surface area contributed by atoms with Crippen LogP contribution in [-0.4, -0.2) is 28.5 Å². The number of hydrogen-bond donors (Lipinski definition) is 3. The average Bonchev–Trinajstić information content (AvgIpc) is 2.65. The van der Waals surface area contributed by atoms with Gasteiger partial charge in [0.25, 0.3) is 17.5 Å². The van der Waals surface area contributed by atoms with Crippen molar-refractivity contribution in [1.29, 1.82) is 0 Å². The average molecular weight is 388 g/mol. The van der Waals surface area contributed by atoms with E-state index in [-0.39, 0.29) is 23.0 Å². The first-order valence-electron chi connectivity index (χ1n) is 7.69. The monoisotopic (exact) mass is 388 g/mol. The number of benzene rings is 2. The van der Waals surface area contributed by atoms with E-state index >= 15 is 0 Å². The van der Waals surface area contributed by atoms with Crippen LogP contribution in [0, 0.1) is 17.0 Å². The highest BCUT2D eigenvalue weighted by Gasteiger charge is 2.12. The first-order valence-corrected chi connectivity index (χ1v) is 8.10. The van der Waals surface area contributed by atoms with Gasteiger partial charge in [0, 0.05) is 17.7 Å². The van der Waals surface area contributed by atoms with Crippen molar-refractivity contribution < 1.29 is 19.2 Å². The smallest absolute Gasteiger partial charge is 0.270 e. The zero-order valence-electron chi connectivity index (χ0n) is 14.2.